The fourth-order valence-electron chi connectivity index (χ4n) is 6.56. The van der Waals surface area contributed by atoms with Crippen molar-refractivity contribution in [1.82, 2.24) is 24.2 Å². The molecular weight excluding hydrogens is 434 g/mol. The molecule has 1 saturated carbocycles. The van der Waals surface area contributed by atoms with Gasteiger partial charge in [-0.05, 0) is 49.7 Å². The van der Waals surface area contributed by atoms with Gasteiger partial charge in [0.1, 0.15) is 0 Å². The van der Waals surface area contributed by atoms with Crippen LogP contribution in [-0.4, -0.2) is 55.2 Å². The molecule has 1 amide bonds. The highest BCUT2D eigenvalue weighted by Gasteiger charge is 2.40. The molecule has 3 saturated heterocycles. The summed E-state index contributed by atoms with van der Waals surface area (Å²) in [6, 6.07) is 11.7. The van der Waals surface area contributed by atoms with Gasteiger partial charge < -0.3 is 4.90 Å². The van der Waals surface area contributed by atoms with E-state index in [0.29, 0.717) is 23.9 Å². The van der Waals surface area contributed by atoms with E-state index in [2.05, 4.69) is 63.5 Å². The van der Waals surface area contributed by atoms with Gasteiger partial charge in [0.05, 0.1) is 11.4 Å². The molecule has 2 bridgehead atoms. The topological polar surface area (TPSA) is 53.7 Å². The summed E-state index contributed by atoms with van der Waals surface area (Å²) < 4.78 is 2.16. The summed E-state index contributed by atoms with van der Waals surface area (Å²) >= 11 is 0. The largest absolute Gasteiger partial charge is 0.338 e. The minimum absolute atomic E-state index is 0.269. The predicted octanol–water partition coefficient (Wildman–Crippen LogP) is 5.28. The summed E-state index contributed by atoms with van der Waals surface area (Å²) in [5, 5.41) is 0. The Morgan fingerprint density at radius 1 is 1.03 bits per heavy atom. The van der Waals surface area contributed by atoms with E-state index in [1.165, 1.54) is 30.5 Å². The van der Waals surface area contributed by atoms with Crippen molar-refractivity contribution in [2.45, 2.75) is 83.3 Å². The van der Waals surface area contributed by atoms with Crippen LogP contribution in [0.4, 0.5) is 0 Å². The second-order valence-corrected chi connectivity index (χ2v) is 11.1. The Labute approximate surface area is 208 Å². The maximum atomic E-state index is 13.3. The lowest BCUT2D eigenvalue weighted by atomic mass is 9.97. The molecule has 2 aromatic heterocycles. The summed E-state index contributed by atoms with van der Waals surface area (Å²) in [5.74, 6) is 1.96. The van der Waals surface area contributed by atoms with E-state index in [-0.39, 0.29) is 5.92 Å². The molecule has 1 aliphatic carbocycles. The third-order valence-corrected chi connectivity index (χ3v) is 8.63. The molecule has 35 heavy (non-hydrogen) atoms. The van der Waals surface area contributed by atoms with Crippen LogP contribution in [0.5, 0.6) is 0 Å². The lowest BCUT2D eigenvalue weighted by Gasteiger charge is -2.39. The number of fused-ring (bicyclic) bond motifs is 5. The second kappa shape index (κ2) is 9.38. The number of hydrogen-bond donors (Lipinski definition) is 0. The van der Waals surface area contributed by atoms with Crippen molar-refractivity contribution in [2.75, 3.05) is 13.1 Å². The monoisotopic (exact) mass is 471 g/mol. The molecule has 0 spiro atoms. The fourth-order valence-corrected chi connectivity index (χ4v) is 6.56. The van der Waals surface area contributed by atoms with E-state index >= 15 is 0 Å². The highest BCUT2D eigenvalue weighted by molar-refractivity contribution is 5.79. The molecule has 1 aromatic carbocycles. The Kier molecular flexibility index (Phi) is 6.09. The van der Waals surface area contributed by atoms with Gasteiger partial charge in [-0.15, -0.1) is 0 Å². The minimum Gasteiger partial charge on any atom is -0.338 e. The molecule has 4 fully saturated rings. The molecule has 7 rings (SSSR count). The van der Waals surface area contributed by atoms with Gasteiger partial charge in [-0.3, -0.25) is 14.1 Å². The number of nitrogens with zero attached hydrogens (tertiary/aromatic N) is 5. The Morgan fingerprint density at radius 3 is 2.57 bits per heavy atom. The molecule has 5 heterocycles. The van der Waals surface area contributed by atoms with Crippen molar-refractivity contribution in [3.8, 4) is 11.3 Å². The van der Waals surface area contributed by atoms with Crippen molar-refractivity contribution in [3.63, 3.8) is 0 Å². The summed E-state index contributed by atoms with van der Waals surface area (Å²) in [6.07, 6.45) is 11.9. The Bertz CT molecular complexity index is 1190. The van der Waals surface area contributed by atoms with Gasteiger partial charge in [0.25, 0.3) is 0 Å². The first kappa shape index (κ1) is 22.7. The van der Waals surface area contributed by atoms with Crippen LogP contribution >= 0.6 is 0 Å². The highest BCUT2D eigenvalue weighted by Crippen LogP contribution is 2.35. The Morgan fingerprint density at radius 2 is 1.80 bits per heavy atom. The van der Waals surface area contributed by atoms with Crippen molar-refractivity contribution >= 4 is 11.7 Å². The maximum Gasteiger partial charge on any atom is 0.234 e. The molecular formula is C29H37N5O. The van der Waals surface area contributed by atoms with E-state index in [4.69, 9.17) is 4.98 Å². The van der Waals surface area contributed by atoms with Gasteiger partial charge >= 0.3 is 0 Å². The van der Waals surface area contributed by atoms with Gasteiger partial charge in [0.2, 0.25) is 11.7 Å². The number of aromatic nitrogens is 3. The van der Waals surface area contributed by atoms with Crippen molar-refractivity contribution in [2.24, 2.45) is 5.92 Å². The fraction of sp³-hybridized carbons (Fsp3) is 0.552. The van der Waals surface area contributed by atoms with Crippen LogP contribution in [0.15, 0.2) is 42.7 Å². The number of benzene rings is 1. The SMILES string of the molecule is CC(C)c1ccc(-c2nc3ncccn3c2CN2CC3CCC2CCN3C(=O)C2CCCC2)cc1. The quantitative estimate of drug-likeness (QED) is 0.508. The average molecular weight is 472 g/mol. The highest BCUT2D eigenvalue weighted by atomic mass is 16.2. The van der Waals surface area contributed by atoms with Gasteiger partial charge in [-0.25, -0.2) is 9.97 Å². The van der Waals surface area contributed by atoms with E-state index in [9.17, 15) is 4.79 Å². The number of piperidine rings is 1. The average Bonchev–Trinajstić information content (AvgIpc) is 3.45. The molecule has 0 N–H and O–H groups in total. The summed E-state index contributed by atoms with van der Waals surface area (Å²) in [4.78, 5) is 27.7. The third kappa shape index (κ3) is 4.26. The summed E-state index contributed by atoms with van der Waals surface area (Å²) in [6.45, 7) is 7.16. The van der Waals surface area contributed by atoms with Gasteiger partial charge in [-0.1, -0.05) is 51.0 Å². The number of rotatable bonds is 5. The van der Waals surface area contributed by atoms with Crippen LogP contribution in [0.3, 0.4) is 0 Å². The van der Waals surface area contributed by atoms with E-state index < -0.39 is 0 Å². The zero-order valence-electron chi connectivity index (χ0n) is 21.1. The summed E-state index contributed by atoms with van der Waals surface area (Å²) in [5.41, 5.74) is 4.71. The van der Waals surface area contributed by atoms with Crippen LogP contribution in [-0.2, 0) is 11.3 Å². The third-order valence-electron chi connectivity index (χ3n) is 8.63. The number of amides is 1. The van der Waals surface area contributed by atoms with E-state index in [0.717, 1.165) is 62.4 Å². The van der Waals surface area contributed by atoms with Gasteiger partial charge in [0, 0.05) is 55.6 Å². The molecule has 0 radical (unpaired) electrons. The van der Waals surface area contributed by atoms with Crippen LogP contribution in [0.25, 0.3) is 17.0 Å². The van der Waals surface area contributed by atoms with Crippen molar-refractivity contribution in [1.29, 1.82) is 0 Å². The van der Waals surface area contributed by atoms with Crippen LogP contribution < -0.4 is 0 Å². The summed E-state index contributed by atoms with van der Waals surface area (Å²) in [7, 11) is 0. The van der Waals surface area contributed by atoms with E-state index in [1.54, 1.807) is 0 Å². The zero-order chi connectivity index (χ0) is 23.9. The molecule has 6 nitrogen and oxygen atoms in total. The van der Waals surface area contributed by atoms with Crippen molar-refractivity contribution in [3.05, 3.63) is 54.0 Å². The standard InChI is InChI=1S/C29H37N5O/c1-20(2)21-8-10-22(11-9-21)27-26(34-16-5-15-30-29(34)31-27)19-32-18-25-13-12-24(32)14-17-33(25)28(35)23-6-3-4-7-23/h5,8-11,15-16,20,23-25H,3-4,6-7,12-14,17-19H2,1-2H3. The first-order valence-corrected chi connectivity index (χ1v) is 13.6. The first-order chi connectivity index (χ1) is 17.1. The van der Waals surface area contributed by atoms with Crippen molar-refractivity contribution < 1.29 is 4.79 Å². The molecule has 6 heteroatoms. The number of imidazole rings is 1. The maximum absolute atomic E-state index is 13.3. The minimum atomic E-state index is 0.269. The zero-order valence-corrected chi connectivity index (χ0v) is 21.1. The number of carbonyl (C=O) groups excluding carboxylic acids is 1. The smallest absolute Gasteiger partial charge is 0.234 e. The lowest BCUT2D eigenvalue weighted by Crippen LogP contribution is -2.49. The molecule has 2 unspecified atom stereocenters. The molecule has 2 atom stereocenters. The van der Waals surface area contributed by atoms with Crippen LogP contribution in [0.1, 0.15) is 76.0 Å². The molecule has 3 aliphatic heterocycles. The number of carbonyl (C=O) groups is 1. The Hall–Kier alpha value is -2.73. The van der Waals surface area contributed by atoms with Crippen LogP contribution in [0, 0.1) is 5.92 Å². The molecule has 184 valence electrons. The van der Waals surface area contributed by atoms with Crippen LogP contribution in [0.2, 0.25) is 0 Å². The predicted molar refractivity (Wildman–Crippen MR) is 138 cm³/mol. The first-order valence-electron chi connectivity index (χ1n) is 13.6. The molecule has 4 aliphatic rings. The lowest BCUT2D eigenvalue weighted by molar-refractivity contribution is -0.137. The Balaban J connectivity index is 1.29. The van der Waals surface area contributed by atoms with E-state index in [1.807, 2.05) is 12.3 Å². The number of hydrogen-bond acceptors (Lipinski definition) is 4. The second-order valence-electron chi connectivity index (χ2n) is 11.1. The molecule has 3 aromatic rings. The van der Waals surface area contributed by atoms with Gasteiger partial charge in [-0.2, -0.15) is 0 Å². The normalized spacial score (nSPS) is 23.5. The van der Waals surface area contributed by atoms with Gasteiger partial charge in [0.15, 0.2) is 0 Å².